The van der Waals surface area contributed by atoms with Crippen LogP contribution in [0.4, 0.5) is 13.2 Å². The second kappa shape index (κ2) is 7.78. The van der Waals surface area contributed by atoms with Gasteiger partial charge in [-0.25, -0.2) is 4.79 Å². The monoisotopic (exact) mass is 450 g/mol. The quantitative estimate of drug-likeness (QED) is 0.418. The molecule has 5 nitrogen and oxygen atoms in total. The molecule has 0 saturated carbocycles. The molecule has 2 aromatic rings. The maximum Gasteiger partial charge on any atom is 0.534 e. The van der Waals surface area contributed by atoms with Crippen molar-refractivity contribution in [3.8, 4) is 11.8 Å². The van der Waals surface area contributed by atoms with Gasteiger partial charge in [-0.1, -0.05) is 37.8 Å². The lowest BCUT2D eigenvalue weighted by molar-refractivity contribution is -0.0509. The van der Waals surface area contributed by atoms with Crippen LogP contribution in [0, 0.1) is 11.8 Å². The van der Waals surface area contributed by atoms with E-state index >= 15 is 0 Å². The number of aromatic carboxylic acids is 1. The van der Waals surface area contributed by atoms with E-state index in [0.29, 0.717) is 16.7 Å². The van der Waals surface area contributed by atoms with Gasteiger partial charge in [0, 0.05) is 16.7 Å². The summed E-state index contributed by atoms with van der Waals surface area (Å²) in [4.78, 5) is 11.3. The third kappa shape index (κ3) is 4.59. The van der Waals surface area contributed by atoms with E-state index in [1.54, 1.807) is 24.3 Å². The topological polar surface area (TPSA) is 80.7 Å². The van der Waals surface area contributed by atoms with Crippen LogP contribution in [0.5, 0.6) is 0 Å². The highest BCUT2D eigenvalue weighted by Crippen LogP contribution is 2.41. The molecule has 2 aromatic carbocycles. The molecule has 0 aliphatic heterocycles. The number of carboxylic acids is 1. The molecule has 9 heteroatoms. The molecule has 3 rings (SSSR count). The average Bonchev–Trinajstić information content (AvgIpc) is 2.68. The van der Waals surface area contributed by atoms with Crippen LogP contribution >= 0.6 is 0 Å². The standard InChI is InChI=1S/C22H17F3O5S/c1-21(2)12-11-19(30-31(28,29)22(23,24)25)17-10-8-14(13-18(17)21)7-9-15-5-3-4-6-16(15)20(26)27/h3-6,8,10-11,13H,12H2,1-2H3,(H,26,27). The molecule has 0 aromatic heterocycles. The van der Waals surface area contributed by atoms with Crippen LogP contribution in [0.2, 0.25) is 0 Å². The molecule has 0 saturated heterocycles. The van der Waals surface area contributed by atoms with Gasteiger partial charge in [0.1, 0.15) is 5.76 Å². The summed E-state index contributed by atoms with van der Waals surface area (Å²) < 4.78 is 65.5. The Kier molecular flexibility index (Phi) is 5.63. The second-order valence-electron chi connectivity index (χ2n) is 7.50. The molecule has 0 radical (unpaired) electrons. The zero-order chi connectivity index (χ0) is 23.0. The summed E-state index contributed by atoms with van der Waals surface area (Å²) in [6.45, 7) is 3.71. The number of hydrogen-bond acceptors (Lipinski definition) is 4. The summed E-state index contributed by atoms with van der Waals surface area (Å²) in [5, 5.41) is 9.25. The summed E-state index contributed by atoms with van der Waals surface area (Å²) in [6, 6.07) is 10.8. The Morgan fingerprint density at radius 3 is 2.45 bits per heavy atom. The largest absolute Gasteiger partial charge is 0.534 e. The number of allylic oxidation sites excluding steroid dienone is 1. The Balaban J connectivity index is 2.02. The van der Waals surface area contributed by atoms with Gasteiger partial charge in [0.05, 0.1) is 5.56 Å². The first kappa shape index (κ1) is 22.4. The van der Waals surface area contributed by atoms with Gasteiger partial charge >= 0.3 is 21.6 Å². The predicted molar refractivity (Wildman–Crippen MR) is 108 cm³/mol. The van der Waals surface area contributed by atoms with Crippen LogP contribution < -0.4 is 0 Å². The number of benzene rings is 2. The third-order valence-corrected chi connectivity index (χ3v) is 5.76. The van der Waals surface area contributed by atoms with Crippen molar-refractivity contribution in [2.45, 2.75) is 31.2 Å². The molecule has 162 valence electrons. The van der Waals surface area contributed by atoms with Crippen LogP contribution in [-0.2, 0) is 19.7 Å². The van der Waals surface area contributed by atoms with Crippen molar-refractivity contribution >= 4 is 21.8 Å². The van der Waals surface area contributed by atoms with Crippen molar-refractivity contribution in [1.82, 2.24) is 0 Å². The lowest BCUT2D eigenvalue weighted by Crippen LogP contribution is -2.27. The highest BCUT2D eigenvalue weighted by molar-refractivity contribution is 7.87. The molecule has 0 spiro atoms. The fourth-order valence-electron chi connectivity index (χ4n) is 3.13. The van der Waals surface area contributed by atoms with Crippen LogP contribution in [0.15, 0.2) is 48.5 Å². The van der Waals surface area contributed by atoms with Crippen molar-refractivity contribution in [3.63, 3.8) is 0 Å². The number of rotatable bonds is 3. The van der Waals surface area contributed by atoms with E-state index in [4.69, 9.17) is 0 Å². The first-order chi connectivity index (χ1) is 14.3. The van der Waals surface area contributed by atoms with Gasteiger partial charge in [-0.3, -0.25) is 0 Å². The van der Waals surface area contributed by atoms with Crippen LogP contribution in [0.3, 0.4) is 0 Å². The number of carboxylic acid groups (broad SMARTS) is 1. The zero-order valence-electron chi connectivity index (χ0n) is 16.4. The molecule has 1 aliphatic carbocycles. The number of carbonyl (C=O) groups is 1. The smallest absolute Gasteiger partial charge is 0.478 e. The lowest BCUT2D eigenvalue weighted by atomic mass is 9.75. The third-order valence-electron chi connectivity index (χ3n) is 4.79. The molecule has 0 fully saturated rings. The van der Waals surface area contributed by atoms with Crippen molar-refractivity contribution in [3.05, 3.63) is 76.4 Å². The van der Waals surface area contributed by atoms with Crippen LogP contribution in [0.1, 0.15) is 52.9 Å². The fraction of sp³-hybridized carbons (Fsp3) is 0.227. The molecular weight excluding hydrogens is 433 g/mol. The van der Waals surface area contributed by atoms with Crippen LogP contribution in [0.25, 0.3) is 5.76 Å². The highest BCUT2D eigenvalue weighted by Gasteiger charge is 2.49. The van der Waals surface area contributed by atoms with Gasteiger partial charge in [0.25, 0.3) is 0 Å². The molecule has 0 amide bonds. The van der Waals surface area contributed by atoms with Gasteiger partial charge in [0.15, 0.2) is 0 Å². The SMILES string of the molecule is CC1(C)CC=C(OS(=O)(=O)C(F)(F)F)c2ccc(C#Cc3ccccc3C(=O)O)cc21. The maximum atomic E-state index is 12.7. The fourth-order valence-corrected chi connectivity index (χ4v) is 3.62. The second-order valence-corrected chi connectivity index (χ2v) is 9.04. The molecule has 31 heavy (non-hydrogen) atoms. The first-order valence-electron chi connectivity index (χ1n) is 9.02. The summed E-state index contributed by atoms with van der Waals surface area (Å²) >= 11 is 0. The number of fused-ring (bicyclic) bond motifs is 1. The Labute approximate surface area is 177 Å². The average molecular weight is 450 g/mol. The summed E-state index contributed by atoms with van der Waals surface area (Å²) in [6.07, 6.45) is 1.57. The molecule has 0 heterocycles. The van der Waals surface area contributed by atoms with Crippen molar-refractivity contribution in [1.29, 1.82) is 0 Å². The molecular formula is C22H17F3O5S. The van der Waals surface area contributed by atoms with Crippen molar-refractivity contribution in [2.24, 2.45) is 0 Å². The highest BCUT2D eigenvalue weighted by atomic mass is 32.2. The Morgan fingerprint density at radius 2 is 1.81 bits per heavy atom. The van der Waals surface area contributed by atoms with E-state index in [0.717, 1.165) is 0 Å². The Bertz CT molecular complexity index is 1250. The van der Waals surface area contributed by atoms with Crippen LogP contribution in [-0.4, -0.2) is 25.0 Å². The molecule has 0 atom stereocenters. The van der Waals surface area contributed by atoms with E-state index in [1.165, 1.54) is 24.3 Å². The van der Waals surface area contributed by atoms with E-state index in [9.17, 15) is 31.5 Å². The summed E-state index contributed by atoms with van der Waals surface area (Å²) in [7, 11) is -5.80. The van der Waals surface area contributed by atoms with Gasteiger partial charge in [0.2, 0.25) is 0 Å². The molecule has 1 aliphatic rings. The van der Waals surface area contributed by atoms with Gasteiger partial charge in [-0.2, -0.15) is 21.6 Å². The molecule has 0 unspecified atom stereocenters. The number of hydrogen-bond donors (Lipinski definition) is 1. The summed E-state index contributed by atoms with van der Waals surface area (Å²) in [5.74, 6) is 4.15. The van der Waals surface area contributed by atoms with Crippen molar-refractivity contribution < 1.29 is 35.7 Å². The number of halogens is 3. The maximum absolute atomic E-state index is 12.7. The minimum absolute atomic E-state index is 0.0456. The van der Waals surface area contributed by atoms with Gasteiger partial charge in [-0.05, 0) is 53.8 Å². The molecule has 0 bridgehead atoms. The van der Waals surface area contributed by atoms with E-state index in [-0.39, 0.29) is 23.3 Å². The minimum atomic E-state index is -5.80. The predicted octanol–water partition coefficient (Wildman–Crippen LogP) is 4.67. The van der Waals surface area contributed by atoms with Crippen molar-refractivity contribution in [2.75, 3.05) is 0 Å². The normalized spacial score (nSPS) is 15.2. The number of alkyl halides is 3. The van der Waals surface area contributed by atoms with E-state index in [2.05, 4.69) is 16.0 Å². The van der Waals surface area contributed by atoms with Gasteiger partial charge in [-0.15, -0.1) is 0 Å². The summed E-state index contributed by atoms with van der Waals surface area (Å²) in [5.41, 5.74) is -4.41. The van der Waals surface area contributed by atoms with E-state index in [1.807, 2.05) is 13.8 Å². The first-order valence-corrected chi connectivity index (χ1v) is 10.4. The zero-order valence-corrected chi connectivity index (χ0v) is 17.3. The Morgan fingerprint density at radius 1 is 1.13 bits per heavy atom. The van der Waals surface area contributed by atoms with E-state index < -0.39 is 27.0 Å². The van der Waals surface area contributed by atoms with Gasteiger partial charge < -0.3 is 9.29 Å². The lowest BCUT2D eigenvalue weighted by Gasteiger charge is -2.31. The minimum Gasteiger partial charge on any atom is -0.478 e. The molecule has 1 N–H and O–H groups in total. The Hall–Kier alpha value is -3.25.